The minimum atomic E-state index is 0.677. The summed E-state index contributed by atoms with van der Waals surface area (Å²) in [6, 6.07) is 16.4. The average molecular weight is 375 g/mol. The zero-order valence-electron chi connectivity index (χ0n) is 16.1. The van der Waals surface area contributed by atoms with E-state index in [1.807, 2.05) is 24.4 Å². The van der Waals surface area contributed by atoms with Gasteiger partial charge in [-0.3, -0.25) is 0 Å². The molecule has 0 aliphatic carbocycles. The second-order valence-electron chi connectivity index (χ2n) is 6.78. The largest absolute Gasteiger partial charge is 0.353 e. The molecule has 0 N–H and O–H groups in total. The molecule has 144 valence electrons. The molecule has 28 heavy (non-hydrogen) atoms. The lowest BCUT2D eigenvalue weighted by Gasteiger charge is -2.36. The Balaban J connectivity index is 1.43. The lowest BCUT2D eigenvalue weighted by atomic mass is 10.2. The minimum Gasteiger partial charge on any atom is -0.353 e. The highest BCUT2D eigenvalue weighted by molar-refractivity contribution is 5.46. The molecule has 0 bridgehead atoms. The monoisotopic (exact) mass is 375 g/mol. The third-order valence-corrected chi connectivity index (χ3v) is 4.99. The van der Waals surface area contributed by atoms with Crippen molar-refractivity contribution in [1.29, 1.82) is 0 Å². The van der Waals surface area contributed by atoms with Crippen molar-refractivity contribution in [3.8, 4) is 0 Å². The van der Waals surface area contributed by atoms with Gasteiger partial charge in [0.05, 0.1) is 6.20 Å². The lowest BCUT2D eigenvalue weighted by molar-refractivity contribution is 0.637. The molecule has 1 aliphatic heterocycles. The van der Waals surface area contributed by atoms with E-state index >= 15 is 0 Å². The van der Waals surface area contributed by atoms with Crippen LogP contribution in [0, 0.1) is 0 Å². The standard InChI is InChI=1S/C21H25N7/c1-2-26(17-18-8-4-3-5-9-18)21-24-20(16-23-25-21)28-14-12-27(13-15-28)19-10-6-7-11-22-19/h3-11,16H,2,12-15,17H2,1H3. The van der Waals surface area contributed by atoms with Gasteiger partial charge >= 0.3 is 0 Å². The van der Waals surface area contributed by atoms with Crippen molar-refractivity contribution in [2.24, 2.45) is 0 Å². The van der Waals surface area contributed by atoms with Crippen molar-refractivity contribution >= 4 is 17.6 Å². The van der Waals surface area contributed by atoms with Gasteiger partial charge in [-0.2, -0.15) is 10.1 Å². The Kier molecular flexibility index (Phi) is 5.61. The second kappa shape index (κ2) is 8.65. The van der Waals surface area contributed by atoms with Crippen LogP contribution in [0.1, 0.15) is 12.5 Å². The molecule has 7 heteroatoms. The number of hydrogen-bond donors (Lipinski definition) is 0. The number of rotatable bonds is 6. The molecule has 1 aromatic carbocycles. The Bertz CT molecular complexity index is 864. The van der Waals surface area contributed by atoms with Crippen LogP contribution >= 0.6 is 0 Å². The van der Waals surface area contributed by atoms with Gasteiger partial charge < -0.3 is 14.7 Å². The predicted octanol–water partition coefficient (Wildman–Crippen LogP) is 2.62. The summed E-state index contributed by atoms with van der Waals surface area (Å²) in [5.41, 5.74) is 1.24. The average Bonchev–Trinajstić information content (AvgIpc) is 2.79. The summed E-state index contributed by atoms with van der Waals surface area (Å²) in [7, 11) is 0. The Morgan fingerprint density at radius 3 is 2.29 bits per heavy atom. The highest BCUT2D eigenvalue weighted by atomic mass is 15.4. The number of pyridine rings is 1. The van der Waals surface area contributed by atoms with Gasteiger partial charge in [0.15, 0.2) is 5.82 Å². The summed E-state index contributed by atoms with van der Waals surface area (Å²) < 4.78 is 0. The van der Waals surface area contributed by atoms with E-state index < -0.39 is 0 Å². The number of benzene rings is 1. The first-order valence-electron chi connectivity index (χ1n) is 9.73. The maximum absolute atomic E-state index is 4.81. The predicted molar refractivity (Wildman–Crippen MR) is 112 cm³/mol. The van der Waals surface area contributed by atoms with Crippen LogP contribution in [0.3, 0.4) is 0 Å². The van der Waals surface area contributed by atoms with Gasteiger partial charge in [0.25, 0.3) is 0 Å². The molecular formula is C21H25N7. The van der Waals surface area contributed by atoms with Crippen LogP contribution in [0.25, 0.3) is 0 Å². The van der Waals surface area contributed by atoms with E-state index in [0.29, 0.717) is 5.95 Å². The zero-order chi connectivity index (χ0) is 19.2. The molecule has 0 radical (unpaired) electrons. The summed E-state index contributed by atoms with van der Waals surface area (Å²) >= 11 is 0. The third-order valence-electron chi connectivity index (χ3n) is 4.99. The molecule has 0 saturated carbocycles. The van der Waals surface area contributed by atoms with Crippen molar-refractivity contribution in [2.75, 3.05) is 47.4 Å². The fourth-order valence-corrected chi connectivity index (χ4v) is 3.41. The highest BCUT2D eigenvalue weighted by Crippen LogP contribution is 2.19. The molecule has 0 unspecified atom stereocenters. The maximum atomic E-state index is 4.81. The first-order valence-corrected chi connectivity index (χ1v) is 9.73. The molecule has 4 rings (SSSR count). The van der Waals surface area contributed by atoms with Gasteiger partial charge in [-0.1, -0.05) is 36.4 Å². The van der Waals surface area contributed by atoms with Gasteiger partial charge in [0.2, 0.25) is 5.95 Å². The number of nitrogens with zero attached hydrogens (tertiary/aromatic N) is 7. The summed E-state index contributed by atoms with van der Waals surface area (Å²) in [4.78, 5) is 16.0. The van der Waals surface area contributed by atoms with Crippen molar-refractivity contribution in [1.82, 2.24) is 20.2 Å². The van der Waals surface area contributed by atoms with E-state index in [2.05, 4.69) is 67.1 Å². The van der Waals surface area contributed by atoms with Crippen LogP contribution < -0.4 is 14.7 Å². The molecule has 1 fully saturated rings. The van der Waals surface area contributed by atoms with Crippen molar-refractivity contribution in [2.45, 2.75) is 13.5 Å². The number of hydrogen-bond acceptors (Lipinski definition) is 7. The van der Waals surface area contributed by atoms with E-state index in [-0.39, 0.29) is 0 Å². The molecule has 0 amide bonds. The zero-order valence-corrected chi connectivity index (χ0v) is 16.1. The molecule has 1 aliphatic rings. The first kappa shape index (κ1) is 18.2. The molecule has 2 aromatic heterocycles. The van der Waals surface area contributed by atoms with Crippen LogP contribution in [-0.4, -0.2) is 52.9 Å². The summed E-state index contributed by atoms with van der Waals surface area (Å²) in [5.74, 6) is 2.59. The number of aromatic nitrogens is 4. The minimum absolute atomic E-state index is 0.677. The van der Waals surface area contributed by atoms with Crippen molar-refractivity contribution < 1.29 is 0 Å². The quantitative estimate of drug-likeness (QED) is 0.656. The fourth-order valence-electron chi connectivity index (χ4n) is 3.41. The Morgan fingerprint density at radius 1 is 0.893 bits per heavy atom. The van der Waals surface area contributed by atoms with E-state index in [1.54, 1.807) is 6.20 Å². The van der Waals surface area contributed by atoms with Gasteiger partial charge in [0, 0.05) is 45.5 Å². The molecular weight excluding hydrogens is 350 g/mol. The van der Waals surface area contributed by atoms with E-state index in [0.717, 1.165) is 50.9 Å². The van der Waals surface area contributed by atoms with Crippen LogP contribution in [0.15, 0.2) is 60.9 Å². The summed E-state index contributed by atoms with van der Waals surface area (Å²) in [6.45, 7) is 7.32. The third kappa shape index (κ3) is 4.19. The fraction of sp³-hybridized carbons (Fsp3) is 0.333. The smallest absolute Gasteiger partial charge is 0.247 e. The molecule has 3 heterocycles. The SMILES string of the molecule is CCN(Cc1ccccc1)c1nncc(N2CCN(c3ccccn3)CC2)n1. The molecule has 0 atom stereocenters. The lowest BCUT2D eigenvalue weighted by Crippen LogP contribution is -2.47. The Morgan fingerprint density at radius 2 is 1.61 bits per heavy atom. The maximum Gasteiger partial charge on any atom is 0.247 e. The Hall–Kier alpha value is -3.22. The molecule has 7 nitrogen and oxygen atoms in total. The number of piperazine rings is 1. The highest BCUT2D eigenvalue weighted by Gasteiger charge is 2.20. The molecule has 1 saturated heterocycles. The van der Waals surface area contributed by atoms with E-state index in [9.17, 15) is 0 Å². The summed E-state index contributed by atoms with van der Waals surface area (Å²) in [5, 5.41) is 8.51. The summed E-state index contributed by atoms with van der Waals surface area (Å²) in [6.07, 6.45) is 3.60. The van der Waals surface area contributed by atoms with E-state index in [1.165, 1.54) is 5.56 Å². The van der Waals surface area contributed by atoms with Gasteiger partial charge in [0.1, 0.15) is 5.82 Å². The van der Waals surface area contributed by atoms with Gasteiger partial charge in [-0.15, -0.1) is 5.10 Å². The van der Waals surface area contributed by atoms with Crippen LogP contribution in [0.5, 0.6) is 0 Å². The number of anilines is 3. The van der Waals surface area contributed by atoms with Crippen molar-refractivity contribution in [3.63, 3.8) is 0 Å². The normalized spacial score (nSPS) is 14.2. The van der Waals surface area contributed by atoms with E-state index in [4.69, 9.17) is 4.98 Å². The molecule has 0 spiro atoms. The Labute approximate surface area is 165 Å². The van der Waals surface area contributed by atoms with Crippen LogP contribution in [-0.2, 0) is 6.54 Å². The second-order valence-corrected chi connectivity index (χ2v) is 6.78. The topological polar surface area (TPSA) is 61.3 Å². The first-order chi connectivity index (χ1) is 13.8. The molecule has 3 aromatic rings. The van der Waals surface area contributed by atoms with Crippen LogP contribution in [0.4, 0.5) is 17.6 Å². The van der Waals surface area contributed by atoms with Gasteiger partial charge in [-0.25, -0.2) is 4.98 Å². The van der Waals surface area contributed by atoms with Gasteiger partial charge in [-0.05, 0) is 24.6 Å². The van der Waals surface area contributed by atoms with Crippen LogP contribution in [0.2, 0.25) is 0 Å². The van der Waals surface area contributed by atoms with Crippen molar-refractivity contribution in [3.05, 3.63) is 66.5 Å².